The number of hydrogen-bond donors (Lipinski definition) is 2. The fourth-order valence-electron chi connectivity index (χ4n) is 2.09. The van der Waals surface area contributed by atoms with Gasteiger partial charge in [0.05, 0.1) is 15.5 Å². The van der Waals surface area contributed by atoms with E-state index in [1.807, 2.05) is 0 Å². The fraction of sp³-hybridized carbons (Fsp3) is 0.133. The molecule has 2 rings (SSSR count). The van der Waals surface area contributed by atoms with Gasteiger partial charge >= 0.3 is 5.97 Å². The van der Waals surface area contributed by atoms with Gasteiger partial charge in [0.25, 0.3) is 5.69 Å². The lowest BCUT2D eigenvalue weighted by Gasteiger charge is -2.15. The van der Waals surface area contributed by atoms with Gasteiger partial charge in [-0.3, -0.25) is 20.2 Å². The van der Waals surface area contributed by atoms with Crippen LogP contribution in [-0.2, 0) is 11.3 Å². The van der Waals surface area contributed by atoms with Crippen LogP contribution in [0.5, 0.6) is 0 Å². The smallest absolute Gasteiger partial charge is 0.325 e. The van der Waals surface area contributed by atoms with E-state index in [-0.39, 0.29) is 22.8 Å². The van der Waals surface area contributed by atoms with E-state index in [1.165, 1.54) is 18.2 Å². The molecule has 0 aliphatic carbocycles. The number of carboxylic acid groups (broad SMARTS) is 1. The molecule has 1 atom stereocenters. The molecular formula is C15H13ClN2O4. The van der Waals surface area contributed by atoms with Crippen molar-refractivity contribution in [1.82, 2.24) is 5.32 Å². The monoisotopic (exact) mass is 320 g/mol. The summed E-state index contributed by atoms with van der Waals surface area (Å²) in [6, 6.07) is 12.0. The molecule has 0 saturated carbocycles. The molecule has 0 unspecified atom stereocenters. The number of nitrogens with zero attached hydrogens (tertiary/aromatic N) is 1. The van der Waals surface area contributed by atoms with E-state index in [1.54, 1.807) is 30.3 Å². The van der Waals surface area contributed by atoms with Gasteiger partial charge in [-0.1, -0.05) is 48.0 Å². The predicted molar refractivity (Wildman–Crippen MR) is 81.8 cm³/mol. The van der Waals surface area contributed by atoms with Crippen LogP contribution in [0.3, 0.4) is 0 Å². The van der Waals surface area contributed by atoms with Crippen molar-refractivity contribution < 1.29 is 14.8 Å². The molecule has 114 valence electrons. The lowest BCUT2D eigenvalue weighted by molar-refractivity contribution is -0.385. The van der Waals surface area contributed by atoms with Crippen LogP contribution >= 0.6 is 11.6 Å². The van der Waals surface area contributed by atoms with Crippen molar-refractivity contribution >= 4 is 23.3 Å². The van der Waals surface area contributed by atoms with Crippen LogP contribution in [-0.4, -0.2) is 16.0 Å². The number of nitro benzene ring substituents is 1. The maximum absolute atomic E-state index is 11.4. The first-order chi connectivity index (χ1) is 10.5. The molecule has 0 aliphatic heterocycles. The number of nitrogens with one attached hydrogen (secondary N) is 1. The number of carboxylic acids is 1. The van der Waals surface area contributed by atoms with Gasteiger partial charge in [0.15, 0.2) is 0 Å². The molecule has 22 heavy (non-hydrogen) atoms. The Morgan fingerprint density at radius 2 is 1.91 bits per heavy atom. The van der Waals surface area contributed by atoms with Crippen molar-refractivity contribution in [3.05, 3.63) is 74.8 Å². The zero-order valence-electron chi connectivity index (χ0n) is 11.4. The van der Waals surface area contributed by atoms with E-state index in [4.69, 9.17) is 11.6 Å². The molecule has 0 aromatic heterocycles. The first-order valence-electron chi connectivity index (χ1n) is 6.43. The van der Waals surface area contributed by atoms with Crippen molar-refractivity contribution in [3.8, 4) is 0 Å². The summed E-state index contributed by atoms with van der Waals surface area (Å²) in [7, 11) is 0. The van der Waals surface area contributed by atoms with E-state index in [0.717, 1.165) is 0 Å². The number of aliphatic carboxylic acids is 1. The van der Waals surface area contributed by atoms with Crippen LogP contribution in [0.1, 0.15) is 17.2 Å². The molecule has 0 aliphatic rings. The molecule has 0 radical (unpaired) electrons. The standard InChI is InChI=1S/C15H13ClN2O4/c16-12-7-4-8-13(18(21)22)11(12)9-17-14(15(19)20)10-5-2-1-3-6-10/h1-8,14,17H,9H2,(H,19,20)/t14-/m1/s1. The summed E-state index contributed by atoms with van der Waals surface area (Å²) in [6.07, 6.45) is 0. The van der Waals surface area contributed by atoms with Crippen LogP contribution in [0.15, 0.2) is 48.5 Å². The first-order valence-corrected chi connectivity index (χ1v) is 6.81. The highest BCUT2D eigenvalue weighted by Gasteiger charge is 2.22. The third-order valence-electron chi connectivity index (χ3n) is 3.15. The lowest BCUT2D eigenvalue weighted by Crippen LogP contribution is -2.28. The van der Waals surface area contributed by atoms with Gasteiger partial charge in [-0.2, -0.15) is 0 Å². The predicted octanol–water partition coefficient (Wildman–Crippen LogP) is 3.16. The van der Waals surface area contributed by atoms with Gasteiger partial charge in [-0.15, -0.1) is 0 Å². The molecule has 0 spiro atoms. The molecular weight excluding hydrogens is 308 g/mol. The molecule has 0 fully saturated rings. The molecule has 6 nitrogen and oxygen atoms in total. The van der Waals surface area contributed by atoms with Gasteiger partial charge in [0.1, 0.15) is 6.04 Å². The van der Waals surface area contributed by atoms with Crippen molar-refractivity contribution in [2.24, 2.45) is 0 Å². The Labute approximate surface area is 131 Å². The average Bonchev–Trinajstić information content (AvgIpc) is 2.49. The van der Waals surface area contributed by atoms with Gasteiger partial charge < -0.3 is 5.11 Å². The van der Waals surface area contributed by atoms with Crippen LogP contribution in [0, 0.1) is 10.1 Å². The van der Waals surface area contributed by atoms with Crippen molar-refractivity contribution in [3.63, 3.8) is 0 Å². The zero-order chi connectivity index (χ0) is 16.1. The summed E-state index contributed by atoms with van der Waals surface area (Å²) in [4.78, 5) is 21.9. The van der Waals surface area contributed by atoms with Gasteiger partial charge in [0, 0.05) is 12.6 Å². The summed E-state index contributed by atoms with van der Waals surface area (Å²) in [5.74, 6) is -1.07. The Morgan fingerprint density at radius 1 is 1.23 bits per heavy atom. The minimum Gasteiger partial charge on any atom is -0.480 e. The quantitative estimate of drug-likeness (QED) is 0.630. The summed E-state index contributed by atoms with van der Waals surface area (Å²) >= 11 is 5.99. The highest BCUT2D eigenvalue weighted by Crippen LogP contribution is 2.27. The number of carbonyl (C=O) groups is 1. The number of benzene rings is 2. The maximum Gasteiger partial charge on any atom is 0.325 e. The minimum absolute atomic E-state index is 0.0259. The second-order valence-corrected chi connectivity index (χ2v) is 4.96. The molecule has 2 aromatic rings. The zero-order valence-corrected chi connectivity index (χ0v) is 12.2. The van der Waals surface area contributed by atoms with Gasteiger partial charge in [0.2, 0.25) is 0 Å². The van der Waals surface area contributed by atoms with E-state index in [0.29, 0.717) is 5.56 Å². The highest BCUT2D eigenvalue weighted by molar-refractivity contribution is 6.31. The van der Waals surface area contributed by atoms with Gasteiger partial charge in [-0.25, -0.2) is 0 Å². The van der Waals surface area contributed by atoms with Crippen LogP contribution in [0.2, 0.25) is 5.02 Å². The SMILES string of the molecule is O=C(O)[C@H](NCc1c(Cl)cccc1[N+](=O)[O-])c1ccccc1. The summed E-state index contributed by atoms with van der Waals surface area (Å²) < 4.78 is 0. The topological polar surface area (TPSA) is 92.5 Å². The minimum atomic E-state index is -1.07. The third-order valence-corrected chi connectivity index (χ3v) is 3.51. The number of rotatable bonds is 6. The molecule has 7 heteroatoms. The second-order valence-electron chi connectivity index (χ2n) is 4.56. The Bertz CT molecular complexity index is 691. The van der Waals surface area contributed by atoms with Crippen LogP contribution < -0.4 is 5.32 Å². The summed E-state index contributed by atoms with van der Waals surface area (Å²) in [6.45, 7) is -0.0259. The van der Waals surface area contributed by atoms with Crippen molar-refractivity contribution in [1.29, 1.82) is 0 Å². The normalized spacial score (nSPS) is 11.9. The molecule has 0 amide bonds. The van der Waals surface area contributed by atoms with Gasteiger partial charge in [-0.05, 0) is 11.6 Å². The Balaban J connectivity index is 2.24. The highest BCUT2D eigenvalue weighted by atomic mass is 35.5. The van der Waals surface area contributed by atoms with Crippen molar-refractivity contribution in [2.75, 3.05) is 0 Å². The summed E-state index contributed by atoms with van der Waals surface area (Å²) in [5.41, 5.74) is 0.679. The Hall–Kier alpha value is -2.44. The average molecular weight is 321 g/mol. The number of halogens is 1. The number of hydrogen-bond acceptors (Lipinski definition) is 4. The van der Waals surface area contributed by atoms with Crippen molar-refractivity contribution in [2.45, 2.75) is 12.6 Å². The van der Waals surface area contributed by atoms with E-state index < -0.39 is 16.9 Å². The Kier molecular flexibility index (Phi) is 5.08. The van der Waals surface area contributed by atoms with E-state index >= 15 is 0 Å². The van der Waals surface area contributed by atoms with E-state index in [9.17, 15) is 20.0 Å². The van der Waals surface area contributed by atoms with E-state index in [2.05, 4.69) is 5.32 Å². The molecule has 2 aromatic carbocycles. The molecule has 0 bridgehead atoms. The maximum atomic E-state index is 11.4. The van der Waals surface area contributed by atoms with Crippen LogP contribution in [0.4, 0.5) is 5.69 Å². The van der Waals surface area contributed by atoms with Crippen LogP contribution in [0.25, 0.3) is 0 Å². The molecule has 0 heterocycles. The molecule has 2 N–H and O–H groups in total. The second kappa shape index (κ2) is 7.02. The first kappa shape index (κ1) is 15.9. The molecule has 0 saturated heterocycles. The number of nitro groups is 1. The largest absolute Gasteiger partial charge is 0.480 e. The lowest BCUT2D eigenvalue weighted by atomic mass is 10.1. The third kappa shape index (κ3) is 3.60. The Morgan fingerprint density at radius 3 is 2.50 bits per heavy atom. The fourth-order valence-corrected chi connectivity index (χ4v) is 2.33. The summed E-state index contributed by atoms with van der Waals surface area (Å²) in [5, 5.41) is 23.4.